The predicted molar refractivity (Wildman–Crippen MR) is 111 cm³/mol. The van der Waals surface area contributed by atoms with Gasteiger partial charge < -0.3 is 5.11 Å². The van der Waals surface area contributed by atoms with Gasteiger partial charge in [0, 0.05) is 11.3 Å². The zero-order valence-corrected chi connectivity index (χ0v) is 16.3. The summed E-state index contributed by atoms with van der Waals surface area (Å²) < 4.78 is 0. The summed E-state index contributed by atoms with van der Waals surface area (Å²) in [5.41, 5.74) is 0. The second kappa shape index (κ2) is 18.4. The van der Waals surface area contributed by atoms with Crippen LogP contribution in [0.15, 0.2) is 60.8 Å². The molecule has 0 aliphatic carbocycles. The molecule has 27 heavy (non-hydrogen) atoms. The first kappa shape index (κ1) is 24.6. The van der Waals surface area contributed by atoms with Crippen LogP contribution in [0, 0.1) is 10.1 Å². The van der Waals surface area contributed by atoms with Gasteiger partial charge >= 0.3 is 12.0 Å². The van der Waals surface area contributed by atoms with Gasteiger partial charge in [-0.05, 0) is 38.5 Å². The number of rotatable bonds is 16. The van der Waals surface area contributed by atoms with Gasteiger partial charge in [0.05, 0.1) is 0 Å². The molecule has 0 aromatic rings. The van der Waals surface area contributed by atoms with E-state index >= 15 is 0 Å². The van der Waals surface area contributed by atoms with Crippen LogP contribution in [0.2, 0.25) is 0 Å². The fourth-order valence-corrected chi connectivity index (χ4v) is 2.22. The first-order valence-corrected chi connectivity index (χ1v) is 9.70. The molecule has 1 N–H and O–H groups in total. The Hall–Kier alpha value is -2.43. The van der Waals surface area contributed by atoms with Gasteiger partial charge in [0.15, 0.2) is 0 Å². The molecule has 5 nitrogen and oxygen atoms in total. The largest absolute Gasteiger partial charge is 0.476 e. The molecule has 1 atom stereocenters. The summed E-state index contributed by atoms with van der Waals surface area (Å²) in [4.78, 5) is 20.4. The van der Waals surface area contributed by atoms with E-state index in [1.807, 2.05) is 12.2 Å². The van der Waals surface area contributed by atoms with Crippen molar-refractivity contribution < 1.29 is 14.8 Å². The van der Waals surface area contributed by atoms with Crippen LogP contribution in [-0.4, -0.2) is 22.0 Å². The number of nitro groups is 1. The van der Waals surface area contributed by atoms with Crippen LogP contribution in [0.4, 0.5) is 0 Å². The fourth-order valence-electron chi connectivity index (χ4n) is 2.22. The summed E-state index contributed by atoms with van der Waals surface area (Å²) in [5, 5.41) is 19.2. The van der Waals surface area contributed by atoms with Gasteiger partial charge in [0.25, 0.3) is 0 Å². The number of carboxylic acids is 1. The number of nitrogens with zero attached hydrogens (tertiary/aromatic N) is 1. The maximum Gasteiger partial charge on any atom is 0.379 e. The van der Waals surface area contributed by atoms with Crippen molar-refractivity contribution in [3.63, 3.8) is 0 Å². The lowest BCUT2D eigenvalue weighted by atomic mass is 10.2. The van der Waals surface area contributed by atoms with Crippen molar-refractivity contribution >= 4 is 5.97 Å². The topological polar surface area (TPSA) is 80.4 Å². The van der Waals surface area contributed by atoms with Gasteiger partial charge in [-0.2, -0.15) is 0 Å². The van der Waals surface area contributed by atoms with E-state index in [-0.39, 0.29) is 6.42 Å². The number of aliphatic carboxylic acids is 1. The number of allylic oxidation sites excluding steroid dienone is 9. The lowest BCUT2D eigenvalue weighted by Crippen LogP contribution is -2.28. The molecule has 0 saturated carbocycles. The monoisotopic (exact) mass is 375 g/mol. The molecular formula is C22H33NO4. The minimum atomic E-state index is -1.56. The molecule has 0 spiro atoms. The molecule has 0 aliphatic heterocycles. The molecular weight excluding hydrogens is 342 g/mol. The van der Waals surface area contributed by atoms with Gasteiger partial charge in [-0.25, -0.2) is 4.79 Å². The Kier molecular flexibility index (Phi) is 16.7. The smallest absolute Gasteiger partial charge is 0.379 e. The summed E-state index contributed by atoms with van der Waals surface area (Å²) >= 11 is 0. The molecule has 0 heterocycles. The lowest BCUT2D eigenvalue weighted by molar-refractivity contribution is -0.509. The zero-order chi connectivity index (χ0) is 20.2. The first-order valence-electron chi connectivity index (χ1n) is 9.70. The van der Waals surface area contributed by atoms with Crippen molar-refractivity contribution in [1.29, 1.82) is 0 Å². The van der Waals surface area contributed by atoms with Crippen molar-refractivity contribution in [3.05, 3.63) is 70.9 Å². The third kappa shape index (κ3) is 16.8. The van der Waals surface area contributed by atoms with Crippen molar-refractivity contribution in [2.45, 2.75) is 70.8 Å². The maximum atomic E-state index is 10.6. The Balaban J connectivity index is 3.70. The van der Waals surface area contributed by atoms with Crippen LogP contribution in [0.25, 0.3) is 0 Å². The van der Waals surface area contributed by atoms with Crippen LogP contribution in [-0.2, 0) is 4.79 Å². The van der Waals surface area contributed by atoms with E-state index in [0.717, 1.165) is 19.3 Å². The normalized spacial score (nSPS) is 13.7. The van der Waals surface area contributed by atoms with Crippen LogP contribution >= 0.6 is 0 Å². The van der Waals surface area contributed by atoms with Crippen LogP contribution in [0.3, 0.4) is 0 Å². The summed E-state index contributed by atoms with van der Waals surface area (Å²) in [6.45, 7) is 2.22. The number of unbranched alkanes of at least 4 members (excludes halogenated alkanes) is 3. The van der Waals surface area contributed by atoms with Crippen molar-refractivity contribution in [2.24, 2.45) is 0 Å². The van der Waals surface area contributed by atoms with Crippen molar-refractivity contribution in [1.82, 2.24) is 0 Å². The second-order valence-electron chi connectivity index (χ2n) is 6.17. The van der Waals surface area contributed by atoms with E-state index in [1.165, 1.54) is 25.7 Å². The SMILES string of the molecule is CCCCCC=CCC=CCC=CCC=CCC=CCC(C(=O)O)[N+](=O)[O-]. The Morgan fingerprint density at radius 3 is 1.70 bits per heavy atom. The molecule has 0 aromatic carbocycles. The Labute approximate surface area is 163 Å². The van der Waals surface area contributed by atoms with E-state index in [1.54, 1.807) is 12.2 Å². The first-order chi connectivity index (χ1) is 13.1. The lowest BCUT2D eigenvalue weighted by Gasteiger charge is -1.99. The average molecular weight is 376 g/mol. The summed E-state index contributed by atoms with van der Waals surface area (Å²) in [6.07, 6.45) is 28.7. The van der Waals surface area contributed by atoms with Gasteiger partial charge in [-0.3, -0.25) is 10.1 Å². The van der Waals surface area contributed by atoms with E-state index in [4.69, 9.17) is 5.11 Å². The molecule has 150 valence electrons. The van der Waals surface area contributed by atoms with Gasteiger partial charge in [-0.1, -0.05) is 80.5 Å². The molecule has 0 aliphatic rings. The fraction of sp³-hybridized carbons (Fsp3) is 0.500. The third-order valence-corrected chi connectivity index (χ3v) is 3.80. The summed E-state index contributed by atoms with van der Waals surface area (Å²) in [6, 6.07) is -1.56. The van der Waals surface area contributed by atoms with Gasteiger partial charge in [0.1, 0.15) is 0 Å². The standard InChI is InChI=1S/C22H33NO4/c1-2-3-4-5-6-7-8-9-10-11-12-13-14-15-16-17-18-19-20-21(22(24)25)23(26)27/h6-7,9-10,12-13,15-16,18-19,21H,2-5,8,11,14,17,20H2,1H3,(H,24,25). The average Bonchev–Trinajstić information content (AvgIpc) is 2.63. The van der Waals surface area contributed by atoms with Crippen LogP contribution < -0.4 is 0 Å². The third-order valence-electron chi connectivity index (χ3n) is 3.80. The second-order valence-corrected chi connectivity index (χ2v) is 6.17. The Morgan fingerprint density at radius 2 is 1.30 bits per heavy atom. The predicted octanol–water partition coefficient (Wildman–Crippen LogP) is 6.03. The molecule has 0 aromatic heterocycles. The van der Waals surface area contributed by atoms with Gasteiger partial charge in [0.2, 0.25) is 0 Å². The molecule has 0 saturated heterocycles. The minimum absolute atomic E-state index is 0.0870. The number of hydrogen-bond donors (Lipinski definition) is 1. The van der Waals surface area contributed by atoms with Crippen molar-refractivity contribution in [3.8, 4) is 0 Å². The molecule has 1 unspecified atom stereocenters. The summed E-state index contributed by atoms with van der Waals surface area (Å²) in [5.74, 6) is -1.40. The number of carbonyl (C=O) groups is 1. The zero-order valence-electron chi connectivity index (χ0n) is 16.3. The van der Waals surface area contributed by atoms with E-state index < -0.39 is 16.9 Å². The molecule has 0 bridgehead atoms. The Morgan fingerprint density at radius 1 is 0.852 bits per heavy atom. The highest BCUT2D eigenvalue weighted by Crippen LogP contribution is 2.02. The van der Waals surface area contributed by atoms with E-state index in [2.05, 4.69) is 43.4 Å². The quantitative estimate of drug-likeness (QED) is 0.155. The minimum Gasteiger partial charge on any atom is -0.476 e. The van der Waals surface area contributed by atoms with Gasteiger partial charge in [-0.15, -0.1) is 0 Å². The van der Waals surface area contributed by atoms with Crippen molar-refractivity contribution in [2.75, 3.05) is 0 Å². The number of hydrogen-bond acceptors (Lipinski definition) is 3. The highest BCUT2D eigenvalue weighted by atomic mass is 16.6. The number of carboxylic acid groups (broad SMARTS) is 1. The summed E-state index contributed by atoms with van der Waals surface area (Å²) in [7, 11) is 0. The van der Waals surface area contributed by atoms with Crippen LogP contribution in [0.1, 0.15) is 64.7 Å². The molecule has 0 radical (unpaired) electrons. The van der Waals surface area contributed by atoms with E-state index in [0.29, 0.717) is 6.42 Å². The molecule has 0 fully saturated rings. The highest BCUT2D eigenvalue weighted by molar-refractivity contribution is 5.72. The molecule has 0 rings (SSSR count). The van der Waals surface area contributed by atoms with Crippen LogP contribution in [0.5, 0.6) is 0 Å². The Bertz CT molecular complexity index is 531. The molecule has 0 amide bonds. The highest BCUT2D eigenvalue weighted by Gasteiger charge is 2.27. The van der Waals surface area contributed by atoms with E-state index in [9.17, 15) is 14.9 Å². The molecule has 5 heteroatoms. The maximum absolute atomic E-state index is 10.6.